The van der Waals surface area contributed by atoms with Gasteiger partial charge in [0.25, 0.3) is 5.91 Å². The first-order chi connectivity index (χ1) is 17.5. The Hall–Kier alpha value is -2.66. The maximum Gasteiger partial charge on any atom is 0.261 e. The van der Waals surface area contributed by atoms with Crippen molar-refractivity contribution in [1.82, 2.24) is 5.32 Å². The van der Waals surface area contributed by atoms with E-state index in [1.807, 2.05) is 32.9 Å². The lowest BCUT2D eigenvalue weighted by Crippen LogP contribution is -2.41. The monoisotopic (exact) mass is 549 g/mol. The van der Waals surface area contributed by atoms with E-state index in [1.54, 1.807) is 18.2 Å². The maximum absolute atomic E-state index is 12.8. The molecule has 1 aliphatic rings. The molecule has 0 aliphatic carbocycles. The van der Waals surface area contributed by atoms with E-state index in [0.29, 0.717) is 40.0 Å². The lowest BCUT2D eigenvalue weighted by molar-refractivity contribution is -0.117. The number of carbonyl (C=O) groups is 3. The van der Waals surface area contributed by atoms with E-state index in [0.717, 1.165) is 18.7 Å². The minimum absolute atomic E-state index is 0.0761. The molecule has 2 atom stereocenters. The minimum Gasteiger partial charge on any atom is -0.378 e. The molecule has 202 valence electrons. The average molecular weight is 550 g/mol. The number of nitrogens with two attached hydrogens (primary N) is 1. The molecule has 0 bridgehead atoms. The van der Waals surface area contributed by atoms with E-state index in [2.05, 4.69) is 15.5 Å². The highest BCUT2D eigenvalue weighted by atomic mass is 35.5. The van der Waals surface area contributed by atoms with Crippen LogP contribution >= 0.6 is 22.9 Å². The van der Waals surface area contributed by atoms with Gasteiger partial charge in [0.1, 0.15) is 0 Å². The van der Waals surface area contributed by atoms with Crippen LogP contribution < -0.4 is 26.2 Å². The topological polar surface area (TPSA) is 117 Å². The van der Waals surface area contributed by atoms with Crippen LogP contribution in [0.1, 0.15) is 43.3 Å². The van der Waals surface area contributed by atoms with Gasteiger partial charge in [-0.15, -0.1) is 11.3 Å². The number of nitrogens with one attached hydrogen (secondary N) is 2. The van der Waals surface area contributed by atoms with E-state index in [1.165, 1.54) is 23.3 Å². The Bertz CT molecular complexity index is 1100. The highest BCUT2D eigenvalue weighted by Gasteiger charge is 2.25. The highest BCUT2D eigenvalue weighted by molar-refractivity contribution is 7.18. The number of nitrogens with zero attached hydrogens (tertiary/aromatic N) is 2. The van der Waals surface area contributed by atoms with Crippen molar-refractivity contribution in [2.45, 2.75) is 45.8 Å². The summed E-state index contributed by atoms with van der Waals surface area (Å²) >= 11 is 7.11. The molecule has 0 saturated carbocycles. The van der Waals surface area contributed by atoms with Gasteiger partial charge in [0.2, 0.25) is 12.3 Å². The van der Waals surface area contributed by atoms with Crippen LogP contribution in [0.25, 0.3) is 0 Å². The molecule has 1 fully saturated rings. The van der Waals surface area contributed by atoms with Crippen molar-refractivity contribution in [1.29, 1.82) is 0 Å². The summed E-state index contributed by atoms with van der Waals surface area (Å²) in [5, 5.41) is 5.87. The van der Waals surface area contributed by atoms with E-state index in [-0.39, 0.29) is 36.4 Å². The third-order valence-electron chi connectivity index (χ3n) is 5.99. The zero-order valence-electron chi connectivity index (χ0n) is 21.8. The second-order valence-corrected chi connectivity index (χ2v) is 12.1. The lowest BCUT2D eigenvalue weighted by Gasteiger charge is -2.27. The van der Waals surface area contributed by atoms with E-state index in [9.17, 15) is 14.4 Å². The number of methoxy groups -OCH3 is 1. The van der Waals surface area contributed by atoms with Gasteiger partial charge in [0, 0.05) is 44.9 Å². The van der Waals surface area contributed by atoms with Crippen molar-refractivity contribution < 1.29 is 19.1 Å². The molecule has 3 rings (SSSR count). The number of halogens is 1. The van der Waals surface area contributed by atoms with Crippen molar-refractivity contribution >= 4 is 58.2 Å². The third-order valence-corrected chi connectivity index (χ3v) is 7.22. The standard InChI is InChI=1S/C26H36ClN5O4S/c1-26(2,3)12-24(34)30-20-11-18(5-6-21(20)31-10-9-17(28)14-31)32(16-33)15-19(36-4)13-29-25(35)22-7-8-23(27)37-22/h5-8,11,16-17,19H,9-10,12-15,28H2,1-4H3,(H,29,35)(H,30,34). The van der Waals surface area contributed by atoms with Gasteiger partial charge in [0.15, 0.2) is 0 Å². The summed E-state index contributed by atoms with van der Waals surface area (Å²) in [4.78, 5) is 41.4. The number of hydrogen-bond acceptors (Lipinski definition) is 7. The normalized spacial score (nSPS) is 16.4. The van der Waals surface area contributed by atoms with Gasteiger partial charge in [-0.25, -0.2) is 0 Å². The fourth-order valence-electron chi connectivity index (χ4n) is 4.14. The molecule has 1 aromatic heterocycles. The molecule has 0 radical (unpaired) electrons. The first-order valence-corrected chi connectivity index (χ1v) is 13.4. The lowest BCUT2D eigenvalue weighted by atomic mass is 9.92. The quantitative estimate of drug-likeness (QED) is 0.368. The number of hydrogen-bond donors (Lipinski definition) is 3. The molecule has 37 heavy (non-hydrogen) atoms. The van der Waals surface area contributed by atoms with Gasteiger partial charge in [-0.2, -0.15) is 0 Å². The van der Waals surface area contributed by atoms with Crippen molar-refractivity contribution in [2.24, 2.45) is 11.1 Å². The Labute approximate surface area is 227 Å². The third kappa shape index (κ3) is 8.43. The summed E-state index contributed by atoms with van der Waals surface area (Å²) < 4.78 is 6.06. The van der Waals surface area contributed by atoms with Gasteiger partial charge < -0.3 is 30.9 Å². The molecule has 11 heteroatoms. The van der Waals surface area contributed by atoms with Crippen LogP contribution in [0.4, 0.5) is 17.1 Å². The number of anilines is 3. The smallest absolute Gasteiger partial charge is 0.261 e. The van der Waals surface area contributed by atoms with Crippen LogP contribution in [0.3, 0.4) is 0 Å². The predicted octanol–water partition coefficient (Wildman–Crippen LogP) is 3.72. The molecule has 2 aromatic rings. The summed E-state index contributed by atoms with van der Waals surface area (Å²) in [5.74, 6) is -0.355. The van der Waals surface area contributed by atoms with Crippen LogP contribution in [-0.4, -0.2) is 63.7 Å². The first kappa shape index (κ1) is 28.9. The maximum atomic E-state index is 12.8. The zero-order chi connectivity index (χ0) is 27.2. The summed E-state index contributed by atoms with van der Waals surface area (Å²) in [6.07, 6.45) is 1.49. The summed E-state index contributed by atoms with van der Waals surface area (Å²) in [5.41, 5.74) is 8.06. The zero-order valence-corrected chi connectivity index (χ0v) is 23.3. The molecule has 4 N–H and O–H groups in total. The van der Waals surface area contributed by atoms with Gasteiger partial charge >= 0.3 is 0 Å². The van der Waals surface area contributed by atoms with E-state index < -0.39 is 6.10 Å². The SMILES string of the molecule is COC(CNC(=O)c1ccc(Cl)s1)CN(C=O)c1ccc(N2CCC(N)C2)c(NC(=O)CC(C)(C)C)c1. The molecule has 1 aliphatic heterocycles. The molecule has 1 aromatic carbocycles. The summed E-state index contributed by atoms with van der Waals surface area (Å²) in [7, 11) is 1.53. The van der Waals surface area contributed by atoms with Gasteiger partial charge in [0.05, 0.1) is 33.2 Å². The van der Waals surface area contributed by atoms with Crippen molar-refractivity contribution in [2.75, 3.05) is 48.4 Å². The largest absolute Gasteiger partial charge is 0.378 e. The molecule has 1 saturated heterocycles. The Kier molecular flexibility index (Phi) is 9.94. The van der Waals surface area contributed by atoms with Crippen molar-refractivity contribution in [3.05, 3.63) is 39.5 Å². The fraction of sp³-hybridized carbons (Fsp3) is 0.500. The number of thiophene rings is 1. The molecule has 2 heterocycles. The number of carbonyl (C=O) groups excluding carboxylic acids is 3. The van der Waals surface area contributed by atoms with Crippen molar-refractivity contribution in [3.8, 4) is 0 Å². The molecule has 0 spiro atoms. The number of rotatable bonds is 11. The average Bonchev–Trinajstić information content (AvgIpc) is 3.46. The van der Waals surface area contributed by atoms with E-state index in [4.69, 9.17) is 22.1 Å². The van der Waals surface area contributed by atoms with Crippen LogP contribution in [-0.2, 0) is 14.3 Å². The Morgan fingerprint density at radius 1 is 1.32 bits per heavy atom. The molecular weight excluding hydrogens is 514 g/mol. The van der Waals surface area contributed by atoms with Crippen LogP contribution in [0.2, 0.25) is 4.34 Å². The van der Waals surface area contributed by atoms with Gasteiger partial charge in [-0.3, -0.25) is 14.4 Å². The van der Waals surface area contributed by atoms with Crippen LogP contribution in [0, 0.1) is 5.41 Å². The highest BCUT2D eigenvalue weighted by Crippen LogP contribution is 2.33. The van der Waals surface area contributed by atoms with E-state index >= 15 is 0 Å². The summed E-state index contributed by atoms with van der Waals surface area (Å²) in [6, 6.07) is 8.94. The predicted molar refractivity (Wildman–Crippen MR) is 150 cm³/mol. The van der Waals surface area contributed by atoms with Crippen LogP contribution in [0.15, 0.2) is 30.3 Å². The Balaban J connectivity index is 1.76. The number of benzene rings is 1. The molecule has 2 unspecified atom stereocenters. The van der Waals surface area contributed by atoms with Crippen LogP contribution in [0.5, 0.6) is 0 Å². The molecule has 9 nitrogen and oxygen atoms in total. The Morgan fingerprint density at radius 2 is 2.08 bits per heavy atom. The minimum atomic E-state index is -0.459. The summed E-state index contributed by atoms with van der Waals surface area (Å²) in [6.45, 7) is 7.92. The van der Waals surface area contributed by atoms with Gasteiger partial charge in [-0.1, -0.05) is 32.4 Å². The fourth-order valence-corrected chi connectivity index (χ4v) is 5.10. The Morgan fingerprint density at radius 3 is 2.65 bits per heavy atom. The first-order valence-electron chi connectivity index (χ1n) is 12.2. The number of amides is 3. The molecule has 3 amide bonds. The van der Waals surface area contributed by atoms with Gasteiger partial charge in [-0.05, 0) is 42.2 Å². The second-order valence-electron chi connectivity index (χ2n) is 10.4. The molecular formula is C26H36ClN5O4S. The van der Waals surface area contributed by atoms with Crippen molar-refractivity contribution in [3.63, 3.8) is 0 Å². The number of ether oxygens (including phenoxy) is 1. The second kappa shape index (κ2) is 12.7.